The number of halogens is 1. The van der Waals surface area contributed by atoms with Gasteiger partial charge in [0.2, 0.25) is 5.91 Å². The zero-order chi connectivity index (χ0) is 24.2. The van der Waals surface area contributed by atoms with Crippen LogP contribution < -0.4 is 10.6 Å². The fraction of sp³-hybridized carbons (Fsp3) is 0.192. The van der Waals surface area contributed by atoms with Crippen LogP contribution >= 0.6 is 15.9 Å². The lowest BCUT2D eigenvalue weighted by Crippen LogP contribution is -2.44. The van der Waals surface area contributed by atoms with Crippen molar-refractivity contribution >= 4 is 39.6 Å². The molecule has 0 heterocycles. The Balaban J connectivity index is 1.41. The van der Waals surface area contributed by atoms with E-state index in [1.807, 2.05) is 36.4 Å². The van der Waals surface area contributed by atoms with Crippen LogP contribution in [0.25, 0.3) is 11.1 Å². The van der Waals surface area contributed by atoms with E-state index in [0.29, 0.717) is 10.9 Å². The summed E-state index contributed by atoms with van der Waals surface area (Å²) in [5, 5.41) is 14.6. The molecule has 8 heteroatoms. The molecule has 0 saturated heterocycles. The summed E-state index contributed by atoms with van der Waals surface area (Å²) in [6, 6.07) is 19.7. The van der Waals surface area contributed by atoms with Crippen LogP contribution in [0.2, 0.25) is 0 Å². The van der Waals surface area contributed by atoms with Gasteiger partial charge in [-0.1, -0.05) is 71.4 Å². The summed E-state index contributed by atoms with van der Waals surface area (Å²) in [7, 11) is 0. The highest BCUT2D eigenvalue weighted by Crippen LogP contribution is 2.44. The highest BCUT2D eigenvalue weighted by Gasteiger charge is 2.29. The molecule has 2 amide bonds. The third-order valence-corrected chi connectivity index (χ3v) is 6.32. The van der Waals surface area contributed by atoms with Crippen molar-refractivity contribution in [2.75, 3.05) is 11.9 Å². The number of alkyl carbamates (subject to hydrolysis) is 1. The van der Waals surface area contributed by atoms with Crippen LogP contribution in [-0.4, -0.2) is 35.7 Å². The molecule has 3 aromatic carbocycles. The fourth-order valence-electron chi connectivity index (χ4n) is 4.16. The maximum Gasteiger partial charge on any atom is 0.407 e. The molecule has 7 nitrogen and oxygen atoms in total. The van der Waals surface area contributed by atoms with E-state index in [9.17, 15) is 19.5 Å². The number of hydrogen-bond acceptors (Lipinski definition) is 4. The number of ether oxygens (including phenoxy) is 1. The molecule has 4 rings (SSSR count). The maximum absolute atomic E-state index is 12.7. The summed E-state index contributed by atoms with van der Waals surface area (Å²) in [5.74, 6) is -1.79. The van der Waals surface area contributed by atoms with Crippen molar-refractivity contribution in [2.45, 2.75) is 25.3 Å². The van der Waals surface area contributed by atoms with Gasteiger partial charge in [-0.2, -0.15) is 0 Å². The summed E-state index contributed by atoms with van der Waals surface area (Å²) >= 11 is 3.22. The molecule has 1 atom stereocenters. The molecule has 0 saturated carbocycles. The largest absolute Gasteiger partial charge is 0.478 e. The Kier molecular flexibility index (Phi) is 6.98. The number of fused-ring (bicyclic) bond motifs is 3. The molecule has 0 fully saturated rings. The Morgan fingerprint density at radius 1 is 1.00 bits per heavy atom. The zero-order valence-electron chi connectivity index (χ0n) is 18.4. The van der Waals surface area contributed by atoms with Gasteiger partial charge in [-0.15, -0.1) is 0 Å². The minimum Gasteiger partial charge on any atom is -0.478 e. The molecule has 0 bridgehead atoms. The SMILES string of the molecule is CC[C@H](NC(=O)OCC1c2ccccc2-c2ccccc21)C(=O)Nc1ccc(Br)cc1C(=O)O. The number of anilines is 1. The van der Waals surface area contributed by atoms with Crippen LogP contribution in [0.4, 0.5) is 10.5 Å². The monoisotopic (exact) mass is 522 g/mol. The van der Waals surface area contributed by atoms with E-state index in [-0.39, 0.29) is 23.8 Å². The highest BCUT2D eigenvalue weighted by atomic mass is 79.9. The van der Waals surface area contributed by atoms with Crippen LogP contribution in [0, 0.1) is 0 Å². The van der Waals surface area contributed by atoms with Crippen molar-refractivity contribution in [3.8, 4) is 11.1 Å². The smallest absolute Gasteiger partial charge is 0.407 e. The average Bonchev–Trinajstić information content (AvgIpc) is 3.15. The van der Waals surface area contributed by atoms with Gasteiger partial charge in [0, 0.05) is 10.4 Å². The molecule has 0 unspecified atom stereocenters. The Bertz CT molecular complexity index is 1210. The van der Waals surface area contributed by atoms with Gasteiger partial charge >= 0.3 is 12.1 Å². The van der Waals surface area contributed by atoms with Crippen LogP contribution in [0.3, 0.4) is 0 Å². The zero-order valence-corrected chi connectivity index (χ0v) is 20.0. The third kappa shape index (κ3) is 4.82. The number of aromatic carboxylic acids is 1. The average molecular weight is 523 g/mol. The minimum absolute atomic E-state index is 0.0567. The second kappa shape index (κ2) is 10.1. The lowest BCUT2D eigenvalue weighted by atomic mass is 9.98. The van der Waals surface area contributed by atoms with Crippen molar-refractivity contribution in [1.82, 2.24) is 5.32 Å². The van der Waals surface area contributed by atoms with Crippen LogP contribution in [0.15, 0.2) is 71.2 Å². The molecular weight excluding hydrogens is 500 g/mol. The summed E-state index contributed by atoms with van der Waals surface area (Å²) in [6.07, 6.45) is -0.410. The second-order valence-corrected chi connectivity index (χ2v) is 8.83. The molecular formula is C26H23BrN2O5. The van der Waals surface area contributed by atoms with E-state index in [1.165, 1.54) is 12.1 Å². The van der Waals surface area contributed by atoms with E-state index in [0.717, 1.165) is 22.3 Å². The maximum atomic E-state index is 12.7. The van der Waals surface area contributed by atoms with Crippen molar-refractivity contribution in [3.05, 3.63) is 87.9 Å². The number of carboxylic acid groups (broad SMARTS) is 1. The van der Waals surface area contributed by atoms with Crippen LogP contribution in [-0.2, 0) is 9.53 Å². The molecule has 0 aromatic heterocycles. The molecule has 3 N–H and O–H groups in total. The number of rotatable bonds is 7. The molecule has 0 spiro atoms. The van der Waals surface area contributed by atoms with Crippen molar-refractivity contribution in [1.29, 1.82) is 0 Å². The molecule has 174 valence electrons. The Morgan fingerprint density at radius 3 is 2.21 bits per heavy atom. The number of benzene rings is 3. The van der Waals surface area contributed by atoms with Gasteiger partial charge in [0.1, 0.15) is 12.6 Å². The summed E-state index contributed by atoms with van der Waals surface area (Å²) in [5.41, 5.74) is 4.53. The molecule has 3 aromatic rings. The van der Waals surface area contributed by atoms with Gasteiger partial charge in [0.25, 0.3) is 0 Å². The Hall–Kier alpha value is -3.65. The molecule has 34 heavy (non-hydrogen) atoms. The summed E-state index contributed by atoms with van der Waals surface area (Å²) in [4.78, 5) is 36.8. The van der Waals surface area contributed by atoms with Gasteiger partial charge in [0.05, 0.1) is 11.3 Å². The van der Waals surface area contributed by atoms with Crippen molar-refractivity contribution < 1.29 is 24.2 Å². The number of carbonyl (C=O) groups excluding carboxylic acids is 2. The standard InChI is InChI=1S/C26H23BrN2O5/c1-2-22(24(30)28-23-12-11-15(27)13-20(23)25(31)32)29-26(33)34-14-21-18-9-5-3-7-16(18)17-8-4-6-10-19(17)21/h3-13,21-22H,2,14H2,1H3,(H,28,30)(H,29,33)(H,31,32)/t22-/m0/s1. The number of hydrogen-bond donors (Lipinski definition) is 3. The summed E-state index contributed by atoms with van der Waals surface area (Å²) < 4.78 is 6.10. The second-order valence-electron chi connectivity index (χ2n) is 7.92. The first kappa shape index (κ1) is 23.5. The minimum atomic E-state index is -1.17. The molecule has 0 radical (unpaired) electrons. The number of nitrogens with one attached hydrogen (secondary N) is 2. The van der Waals surface area contributed by atoms with Gasteiger partial charge in [0.15, 0.2) is 0 Å². The fourth-order valence-corrected chi connectivity index (χ4v) is 4.52. The number of carboxylic acids is 1. The van der Waals surface area contributed by atoms with Gasteiger partial charge < -0.3 is 20.5 Å². The van der Waals surface area contributed by atoms with Gasteiger partial charge in [-0.25, -0.2) is 9.59 Å². The summed E-state index contributed by atoms with van der Waals surface area (Å²) in [6.45, 7) is 1.88. The third-order valence-electron chi connectivity index (χ3n) is 5.83. The lowest BCUT2D eigenvalue weighted by molar-refractivity contribution is -0.118. The van der Waals surface area contributed by atoms with E-state index < -0.39 is 24.0 Å². The normalized spacial score (nSPS) is 12.9. The van der Waals surface area contributed by atoms with Crippen molar-refractivity contribution in [3.63, 3.8) is 0 Å². The number of carbonyl (C=O) groups is 3. The first-order valence-electron chi connectivity index (χ1n) is 10.8. The topological polar surface area (TPSA) is 105 Å². The first-order chi connectivity index (χ1) is 16.4. The first-order valence-corrected chi connectivity index (χ1v) is 11.6. The van der Waals surface area contributed by atoms with Gasteiger partial charge in [-0.05, 0) is 46.9 Å². The van der Waals surface area contributed by atoms with E-state index in [2.05, 4.69) is 38.7 Å². The lowest BCUT2D eigenvalue weighted by Gasteiger charge is -2.19. The van der Waals surface area contributed by atoms with Crippen LogP contribution in [0.5, 0.6) is 0 Å². The van der Waals surface area contributed by atoms with E-state index in [1.54, 1.807) is 13.0 Å². The Morgan fingerprint density at radius 2 is 1.62 bits per heavy atom. The molecule has 0 aliphatic heterocycles. The van der Waals surface area contributed by atoms with E-state index in [4.69, 9.17) is 4.74 Å². The van der Waals surface area contributed by atoms with E-state index >= 15 is 0 Å². The highest BCUT2D eigenvalue weighted by molar-refractivity contribution is 9.10. The Labute approximate surface area is 205 Å². The quantitative estimate of drug-likeness (QED) is 0.385. The predicted octanol–water partition coefficient (Wildman–Crippen LogP) is 5.40. The van der Waals surface area contributed by atoms with Crippen LogP contribution in [0.1, 0.15) is 40.7 Å². The predicted molar refractivity (Wildman–Crippen MR) is 132 cm³/mol. The number of amides is 2. The molecule has 1 aliphatic rings. The van der Waals surface area contributed by atoms with Crippen molar-refractivity contribution in [2.24, 2.45) is 0 Å². The molecule has 1 aliphatic carbocycles. The van der Waals surface area contributed by atoms with Gasteiger partial charge in [-0.3, -0.25) is 4.79 Å².